The number of nitrogens with one attached hydrogen (secondary N) is 1. The highest BCUT2D eigenvalue weighted by molar-refractivity contribution is 7.92. The Kier molecular flexibility index (Phi) is 4.37. The van der Waals surface area contributed by atoms with Crippen molar-refractivity contribution in [1.82, 2.24) is 9.78 Å². The molecule has 0 saturated heterocycles. The van der Waals surface area contributed by atoms with Gasteiger partial charge in [-0.05, 0) is 43.4 Å². The topological polar surface area (TPSA) is 73.2 Å². The van der Waals surface area contributed by atoms with Crippen molar-refractivity contribution in [2.75, 3.05) is 10.5 Å². The van der Waals surface area contributed by atoms with E-state index in [4.69, 9.17) is 16.3 Å². The van der Waals surface area contributed by atoms with E-state index >= 15 is 0 Å². The molecule has 0 bridgehead atoms. The van der Waals surface area contributed by atoms with E-state index in [-0.39, 0.29) is 5.75 Å². The van der Waals surface area contributed by atoms with Crippen LogP contribution in [0.25, 0.3) is 11.1 Å². The van der Waals surface area contributed by atoms with Crippen molar-refractivity contribution in [2.24, 2.45) is 0 Å². The number of rotatable bonds is 3. The first-order valence-electron chi connectivity index (χ1n) is 8.56. The quantitative estimate of drug-likeness (QED) is 0.880. The van der Waals surface area contributed by atoms with Gasteiger partial charge in [-0.25, -0.2) is 13.1 Å². The molecule has 1 N–H and O–H groups in total. The van der Waals surface area contributed by atoms with Crippen LogP contribution in [0.15, 0.2) is 24.3 Å². The van der Waals surface area contributed by atoms with Gasteiger partial charge >= 0.3 is 0 Å². The fourth-order valence-electron chi connectivity index (χ4n) is 3.43. The Morgan fingerprint density at radius 3 is 2.60 bits per heavy atom. The number of halogens is 1. The molecule has 1 fully saturated rings. The molecule has 1 aliphatic heterocycles. The lowest BCUT2D eigenvalue weighted by atomic mass is 9.98. The van der Waals surface area contributed by atoms with Crippen molar-refractivity contribution in [3.05, 3.63) is 29.4 Å². The van der Waals surface area contributed by atoms with Crippen LogP contribution in [0.4, 0.5) is 5.82 Å². The largest absolute Gasteiger partial charge is 0.490 e. The lowest BCUT2D eigenvalue weighted by Gasteiger charge is -2.23. The average molecular weight is 382 g/mol. The minimum absolute atomic E-state index is 0.00557. The van der Waals surface area contributed by atoms with Crippen molar-refractivity contribution in [3.8, 4) is 16.9 Å². The van der Waals surface area contributed by atoms with E-state index in [0.717, 1.165) is 24.2 Å². The van der Waals surface area contributed by atoms with Gasteiger partial charge in [-0.15, -0.1) is 0 Å². The molecule has 1 saturated carbocycles. The van der Waals surface area contributed by atoms with Crippen LogP contribution in [-0.4, -0.2) is 30.1 Å². The Hall–Kier alpha value is -1.73. The van der Waals surface area contributed by atoms with E-state index in [9.17, 15) is 8.42 Å². The summed E-state index contributed by atoms with van der Waals surface area (Å²) in [6.07, 6.45) is 6.24. The molecule has 134 valence electrons. The summed E-state index contributed by atoms with van der Waals surface area (Å²) in [7, 11) is -3.33. The molecule has 1 aromatic heterocycles. The van der Waals surface area contributed by atoms with Gasteiger partial charge in [0, 0.05) is 0 Å². The SMILES string of the molecule is O=S1(=O)CCn2nc(Cl)c(-c3ccc(OC4CCCCC4)cc3)c2N1. The van der Waals surface area contributed by atoms with Crippen LogP contribution in [0, 0.1) is 0 Å². The van der Waals surface area contributed by atoms with Gasteiger partial charge in [-0.3, -0.25) is 4.72 Å². The maximum atomic E-state index is 11.9. The van der Waals surface area contributed by atoms with E-state index in [2.05, 4.69) is 9.82 Å². The Labute approximate surface area is 152 Å². The van der Waals surface area contributed by atoms with Crippen LogP contribution in [0.5, 0.6) is 5.75 Å². The summed E-state index contributed by atoms with van der Waals surface area (Å²) in [4.78, 5) is 0. The molecule has 1 aliphatic carbocycles. The first-order chi connectivity index (χ1) is 12.0. The second kappa shape index (κ2) is 6.53. The van der Waals surface area contributed by atoms with Gasteiger partial charge in [0.2, 0.25) is 10.0 Å². The Bertz CT molecular complexity index is 871. The predicted molar refractivity (Wildman–Crippen MR) is 97.6 cm³/mol. The second-order valence-electron chi connectivity index (χ2n) is 6.56. The van der Waals surface area contributed by atoms with Crippen molar-refractivity contribution >= 4 is 27.4 Å². The van der Waals surface area contributed by atoms with E-state index in [1.165, 1.54) is 19.3 Å². The van der Waals surface area contributed by atoms with E-state index < -0.39 is 10.0 Å². The molecule has 2 aromatic rings. The van der Waals surface area contributed by atoms with E-state index in [0.29, 0.717) is 29.2 Å². The summed E-state index contributed by atoms with van der Waals surface area (Å²) >= 11 is 6.26. The third kappa shape index (κ3) is 3.48. The molecule has 1 aromatic carbocycles. The van der Waals surface area contributed by atoms with Gasteiger partial charge in [-0.1, -0.05) is 30.2 Å². The zero-order chi connectivity index (χ0) is 17.4. The molecule has 0 spiro atoms. The number of aromatic nitrogens is 2. The zero-order valence-electron chi connectivity index (χ0n) is 13.7. The number of fused-ring (bicyclic) bond motifs is 1. The Balaban J connectivity index is 1.59. The predicted octanol–water partition coefficient (Wildman–Crippen LogP) is 3.67. The van der Waals surface area contributed by atoms with Crippen molar-refractivity contribution < 1.29 is 13.2 Å². The number of hydrogen-bond acceptors (Lipinski definition) is 4. The van der Waals surface area contributed by atoms with Crippen LogP contribution >= 0.6 is 11.6 Å². The van der Waals surface area contributed by atoms with Crippen molar-refractivity contribution in [2.45, 2.75) is 44.8 Å². The van der Waals surface area contributed by atoms with Gasteiger partial charge in [-0.2, -0.15) is 5.10 Å². The van der Waals surface area contributed by atoms with Gasteiger partial charge in [0.15, 0.2) is 5.15 Å². The zero-order valence-corrected chi connectivity index (χ0v) is 15.3. The van der Waals surface area contributed by atoms with Crippen LogP contribution < -0.4 is 9.46 Å². The Morgan fingerprint density at radius 2 is 1.88 bits per heavy atom. The fourth-order valence-corrected chi connectivity index (χ4v) is 4.74. The number of ether oxygens (including phenoxy) is 1. The molecule has 6 nitrogen and oxygen atoms in total. The normalized spacial score (nSPS) is 19.9. The first kappa shape index (κ1) is 16.7. The highest BCUT2D eigenvalue weighted by Gasteiger charge is 2.27. The molecule has 4 rings (SSSR count). The summed E-state index contributed by atoms with van der Waals surface area (Å²) in [6, 6.07) is 7.60. The highest BCUT2D eigenvalue weighted by atomic mass is 35.5. The second-order valence-corrected chi connectivity index (χ2v) is 8.76. The molecule has 0 unspecified atom stereocenters. The fraction of sp³-hybridized carbons (Fsp3) is 0.471. The van der Waals surface area contributed by atoms with Gasteiger partial charge < -0.3 is 4.74 Å². The summed E-state index contributed by atoms with van der Waals surface area (Å²) in [5, 5.41) is 4.53. The minimum Gasteiger partial charge on any atom is -0.490 e. The maximum Gasteiger partial charge on any atom is 0.235 e. The number of anilines is 1. The summed E-state index contributed by atoms with van der Waals surface area (Å²) < 4.78 is 33.9. The van der Waals surface area contributed by atoms with Crippen LogP contribution in [0.2, 0.25) is 5.15 Å². The molecule has 2 aliphatic rings. The van der Waals surface area contributed by atoms with Gasteiger partial charge in [0.05, 0.1) is 24.0 Å². The molecule has 25 heavy (non-hydrogen) atoms. The minimum atomic E-state index is -3.33. The summed E-state index contributed by atoms with van der Waals surface area (Å²) in [5.41, 5.74) is 1.42. The molecular weight excluding hydrogens is 362 g/mol. The highest BCUT2D eigenvalue weighted by Crippen LogP contribution is 2.37. The molecule has 0 amide bonds. The lowest BCUT2D eigenvalue weighted by molar-refractivity contribution is 0.155. The third-order valence-electron chi connectivity index (χ3n) is 4.73. The molecule has 0 radical (unpaired) electrons. The summed E-state index contributed by atoms with van der Waals surface area (Å²) in [6.45, 7) is 0.299. The number of aryl methyl sites for hydroxylation is 1. The van der Waals surface area contributed by atoms with E-state index in [1.807, 2.05) is 24.3 Å². The van der Waals surface area contributed by atoms with Crippen molar-refractivity contribution in [3.63, 3.8) is 0 Å². The molecule has 0 atom stereocenters. The maximum absolute atomic E-state index is 11.9. The molecule has 2 heterocycles. The smallest absolute Gasteiger partial charge is 0.235 e. The lowest BCUT2D eigenvalue weighted by Crippen LogP contribution is -2.28. The Morgan fingerprint density at radius 1 is 1.16 bits per heavy atom. The number of hydrogen-bond donors (Lipinski definition) is 1. The van der Waals surface area contributed by atoms with Gasteiger partial charge in [0.25, 0.3) is 0 Å². The monoisotopic (exact) mass is 381 g/mol. The van der Waals surface area contributed by atoms with Gasteiger partial charge in [0.1, 0.15) is 11.6 Å². The molecule has 8 heteroatoms. The van der Waals surface area contributed by atoms with Crippen LogP contribution in [0.3, 0.4) is 0 Å². The summed E-state index contributed by atoms with van der Waals surface area (Å²) in [5.74, 6) is 1.26. The number of benzene rings is 1. The average Bonchev–Trinajstić information content (AvgIpc) is 2.91. The van der Waals surface area contributed by atoms with Crippen molar-refractivity contribution in [1.29, 1.82) is 0 Å². The third-order valence-corrected chi connectivity index (χ3v) is 6.22. The van der Waals surface area contributed by atoms with Crippen LogP contribution in [0.1, 0.15) is 32.1 Å². The molecular formula is C17H20ClN3O3S. The standard InChI is InChI=1S/C17H20ClN3O3S/c18-16-15(17-20-25(22,23)11-10-21(17)19-16)12-6-8-14(9-7-12)24-13-4-2-1-3-5-13/h6-9,13,20H,1-5,10-11H2. The number of nitrogens with zero attached hydrogens (tertiary/aromatic N) is 2. The number of sulfonamides is 1. The first-order valence-corrected chi connectivity index (χ1v) is 10.6. The van der Waals surface area contributed by atoms with Crippen LogP contribution in [-0.2, 0) is 16.6 Å². The van der Waals surface area contributed by atoms with E-state index in [1.54, 1.807) is 4.68 Å².